The van der Waals surface area contributed by atoms with Gasteiger partial charge in [0.15, 0.2) is 0 Å². The zero-order chi connectivity index (χ0) is 16.1. The first-order chi connectivity index (χ1) is 9.95. The summed E-state index contributed by atoms with van der Waals surface area (Å²) in [6, 6.07) is 0. The van der Waals surface area contributed by atoms with Gasteiger partial charge in [-0.25, -0.2) is 0 Å². The van der Waals surface area contributed by atoms with Gasteiger partial charge in [0.2, 0.25) is 0 Å². The van der Waals surface area contributed by atoms with Crippen LogP contribution < -0.4 is 0 Å². The smallest absolute Gasteiger partial charge is 0.306 e. The number of rotatable bonds is 12. The van der Waals surface area contributed by atoms with E-state index in [4.69, 9.17) is 9.47 Å². The maximum Gasteiger partial charge on any atom is 0.306 e. The van der Waals surface area contributed by atoms with Crippen molar-refractivity contribution in [2.45, 2.75) is 85.2 Å². The molecule has 124 valence electrons. The molecular formula is C17H32O4. The van der Waals surface area contributed by atoms with Gasteiger partial charge in [0.05, 0.1) is 25.6 Å². The van der Waals surface area contributed by atoms with Crippen molar-refractivity contribution in [2.24, 2.45) is 5.92 Å². The Bertz CT molecular complexity index is 287. The van der Waals surface area contributed by atoms with Gasteiger partial charge in [0.1, 0.15) is 0 Å². The molecule has 0 aliphatic carbocycles. The van der Waals surface area contributed by atoms with Crippen molar-refractivity contribution in [1.82, 2.24) is 0 Å². The summed E-state index contributed by atoms with van der Waals surface area (Å²) in [6.45, 7) is 8.76. The molecule has 0 fully saturated rings. The molecule has 0 aromatic rings. The first kappa shape index (κ1) is 19.9. The minimum atomic E-state index is -0.311. The molecule has 0 saturated heterocycles. The van der Waals surface area contributed by atoms with Gasteiger partial charge in [-0.15, -0.1) is 0 Å². The third-order valence-electron chi connectivity index (χ3n) is 3.27. The maximum absolute atomic E-state index is 11.6. The lowest BCUT2D eigenvalue weighted by atomic mass is 10.1. The molecule has 0 saturated carbocycles. The van der Waals surface area contributed by atoms with Gasteiger partial charge in [-0.3, -0.25) is 9.59 Å². The summed E-state index contributed by atoms with van der Waals surface area (Å²) in [7, 11) is 0. The molecule has 4 nitrogen and oxygen atoms in total. The Balaban J connectivity index is 3.60. The van der Waals surface area contributed by atoms with Gasteiger partial charge in [-0.1, -0.05) is 33.6 Å². The third-order valence-corrected chi connectivity index (χ3v) is 3.27. The van der Waals surface area contributed by atoms with Gasteiger partial charge in [0.25, 0.3) is 0 Å². The molecule has 0 aromatic carbocycles. The van der Waals surface area contributed by atoms with Crippen LogP contribution in [0.2, 0.25) is 0 Å². The van der Waals surface area contributed by atoms with E-state index in [9.17, 15) is 9.59 Å². The summed E-state index contributed by atoms with van der Waals surface area (Å²) in [5, 5.41) is 0. The molecule has 1 unspecified atom stereocenters. The number of hydrogen-bond acceptors (Lipinski definition) is 4. The molecule has 0 N–H and O–H groups in total. The topological polar surface area (TPSA) is 52.6 Å². The summed E-state index contributed by atoms with van der Waals surface area (Å²) >= 11 is 0. The van der Waals surface area contributed by atoms with Crippen molar-refractivity contribution in [3.63, 3.8) is 0 Å². The highest BCUT2D eigenvalue weighted by atomic mass is 16.5. The molecule has 0 bridgehead atoms. The predicted molar refractivity (Wildman–Crippen MR) is 84.0 cm³/mol. The number of ether oxygens (including phenoxy) is 2. The molecule has 1 atom stereocenters. The first-order valence-corrected chi connectivity index (χ1v) is 8.30. The average Bonchev–Trinajstić information content (AvgIpc) is 2.41. The van der Waals surface area contributed by atoms with E-state index in [1.165, 1.54) is 0 Å². The Labute approximate surface area is 129 Å². The quantitative estimate of drug-likeness (QED) is 0.399. The summed E-state index contributed by atoms with van der Waals surface area (Å²) in [6.07, 6.45) is 6.36. The van der Waals surface area contributed by atoms with Crippen molar-refractivity contribution in [3.8, 4) is 0 Å². The lowest BCUT2D eigenvalue weighted by Gasteiger charge is -2.12. The normalized spacial score (nSPS) is 12.2. The van der Waals surface area contributed by atoms with Crippen LogP contribution in [0, 0.1) is 5.92 Å². The van der Waals surface area contributed by atoms with Crippen LogP contribution >= 0.6 is 0 Å². The van der Waals surface area contributed by atoms with E-state index in [0.717, 1.165) is 38.5 Å². The number of esters is 2. The van der Waals surface area contributed by atoms with E-state index in [2.05, 4.69) is 20.8 Å². The van der Waals surface area contributed by atoms with Crippen LogP contribution in [0.5, 0.6) is 0 Å². The molecule has 0 aliphatic heterocycles. The lowest BCUT2D eigenvalue weighted by molar-refractivity contribution is -0.153. The van der Waals surface area contributed by atoms with Crippen LogP contribution in [-0.2, 0) is 19.1 Å². The molecule has 0 amide bonds. The second-order valence-electron chi connectivity index (χ2n) is 6.05. The SMILES string of the molecule is CCCCCC(C)OC(=O)CCC(=O)OCCCC(C)C. The number of unbranched alkanes of at least 4 members (excludes halogenated alkanes) is 2. The molecule has 0 rings (SSSR count). The van der Waals surface area contributed by atoms with Gasteiger partial charge < -0.3 is 9.47 Å². The van der Waals surface area contributed by atoms with Crippen LogP contribution in [0.1, 0.15) is 79.1 Å². The highest BCUT2D eigenvalue weighted by Crippen LogP contribution is 2.08. The maximum atomic E-state index is 11.6. The minimum absolute atomic E-state index is 0.0638. The van der Waals surface area contributed by atoms with Gasteiger partial charge in [-0.05, 0) is 38.5 Å². The second-order valence-corrected chi connectivity index (χ2v) is 6.05. The van der Waals surface area contributed by atoms with Gasteiger partial charge in [0, 0.05) is 0 Å². The molecule has 4 heteroatoms. The van der Waals surface area contributed by atoms with Crippen LogP contribution in [0.25, 0.3) is 0 Å². The van der Waals surface area contributed by atoms with Gasteiger partial charge >= 0.3 is 11.9 Å². The minimum Gasteiger partial charge on any atom is -0.466 e. The number of carbonyl (C=O) groups is 2. The summed E-state index contributed by atoms with van der Waals surface area (Å²) in [5.41, 5.74) is 0. The predicted octanol–water partition coefficient (Wildman–Crippen LogP) is 4.26. The summed E-state index contributed by atoms with van der Waals surface area (Å²) in [5.74, 6) is 0.000321. The number of hydrogen-bond donors (Lipinski definition) is 0. The zero-order valence-corrected chi connectivity index (χ0v) is 14.2. The molecule has 0 radical (unpaired) electrons. The Hall–Kier alpha value is -1.06. The number of carbonyl (C=O) groups excluding carboxylic acids is 2. The highest BCUT2D eigenvalue weighted by Gasteiger charge is 2.12. The largest absolute Gasteiger partial charge is 0.466 e. The van der Waals surface area contributed by atoms with E-state index >= 15 is 0 Å². The van der Waals surface area contributed by atoms with Crippen molar-refractivity contribution >= 4 is 11.9 Å². The van der Waals surface area contributed by atoms with Crippen LogP contribution in [0.3, 0.4) is 0 Å². The molecule has 21 heavy (non-hydrogen) atoms. The fourth-order valence-corrected chi connectivity index (χ4v) is 1.98. The van der Waals surface area contributed by atoms with Crippen molar-refractivity contribution in [3.05, 3.63) is 0 Å². The molecule has 0 spiro atoms. The summed E-state index contributed by atoms with van der Waals surface area (Å²) < 4.78 is 10.3. The van der Waals surface area contributed by atoms with Crippen LogP contribution in [0.15, 0.2) is 0 Å². The van der Waals surface area contributed by atoms with Crippen LogP contribution in [-0.4, -0.2) is 24.6 Å². The molecule has 0 heterocycles. The van der Waals surface area contributed by atoms with E-state index in [-0.39, 0.29) is 30.9 Å². The van der Waals surface area contributed by atoms with Gasteiger partial charge in [-0.2, -0.15) is 0 Å². The standard InChI is InChI=1S/C17H32O4/c1-5-6-7-10-15(4)21-17(19)12-11-16(18)20-13-8-9-14(2)3/h14-15H,5-13H2,1-4H3. The zero-order valence-electron chi connectivity index (χ0n) is 14.2. The Morgan fingerprint density at radius 1 is 0.905 bits per heavy atom. The van der Waals surface area contributed by atoms with E-state index in [1.54, 1.807) is 0 Å². The van der Waals surface area contributed by atoms with Crippen LogP contribution in [0.4, 0.5) is 0 Å². The second kappa shape index (κ2) is 12.7. The van der Waals surface area contributed by atoms with E-state index in [1.807, 2.05) is 6.92 Å². The fourth-order valence-electron chi connectivity index (χ4n) is 1.98. The molecular weight excluding hydrogens is 268 g/mol. The van der Waals surface area contributed by atoms with E-state index < -0.39 is 0 Å². The fraction of sp³-hybridized carbons (Fsp3) is 0.882. The first-order valence-electron chi connectivity index (χ1n) is 8.30. The Morgan fingerprint density at radius 3 is 2.19 bits per heavy atom. The molecule has 0 aliphatic rings. The molecule has 0 aromatic heterocycles. The van der Waals surface area contributed by atoms with Crippen molar-refractivity contribution < 1.29 is 19.1 Å². The average molecular weight is 300 g/mol. The monoisotopic (exact) mass is 300 g/mol. The van der Waals surface area contributed by atoms with E-state index in [0.29, 0.717) is 12.5 Å². The Morgan fingerprint density at radius 2 is 1.57 bits per heavy atom. The van der Waals surface area contributed by atoms with Crippen molar-refractivity contribution in [1.29, 1.82) is 0 Å². The lowest BCUT2D eigenvalue weighted by Crippen LogP contribution is -2.16. The van der Waals surface area contributed by atoms with Crippen molar-refractivity contribution in [2.75, 3.05) is 6.61 Å². The third kappa shape index (κ3) is 13.7. The highest BCUT2D eigenvalue weighted by molar-refractivity contribution is 5.77. The summed E-state index contributed by atoms with van der Waals surface area (Å²) in [4.78, 5) is 23.0. The Kier molecular flexibility index (Phi) is 12.0.